The van der Waals surface area contributed by atoms with Crippen molar-refractivity contribution in [2.75, 3.05) is 0 Å². The molecule has 0 bridgehead atoms. The van der Waals surface area contributed by atoms with Crippen molar-refractivity contribution < 1.29 is 8.78 Å². The van der Waals surface area contributed by atoms with E-state index in [2.05, 4.69) is 25.9 Å². The van der Waals surface area contributed by atoms with Crippen LogP contribution in [-0.2, 0) is 6.42 Å². The van der Waals surface area contributed by atoms with Gasteiger partial charge in [0.25, 0.3) is 5.56 Å². The van der Waals surface area contributed by atoms with Crippen molar-refractivity contribution in [1.82, 2.24) is 14.5 Å². The summed E-state index contributed by atoms with van der Waals surface area (Å²) in [6.07, 6.45) is 2.83. The Morgan fingerprint density at radius 3 is 2.69 bits per heavy atom. The first kappa shape index (κ1) is 17.4. The lowest BCUT2D eigenvalue weighted by Crippen LogP contribution is -2.26. The van der Waals surface area contributed by atoms with E-state index in [1.807, 2.05) is 28.8 Å². The number of fused-ring (bicyclic) bond motifs is 1. The van der Waals surface area contributed by atoms with Crippen molar-refractivity contribution in [3.8, 4) is 0 Å². The van der Waals surface area contributed by atoms with Crippen molar-refractivity contribution >= 4 is 27.0 Å². The zero-order valence-electron chi connectivity index (χ0n) is 14.0. The maximum atomic E-state index is 13.5. The van der Waals surface area contributed by atoms with Crippen LogP contribution < -0.4 is 5.56 Å². The smallest absolute Gasteiger partial charge is 0.260 e. The van der Waals surface area contributed by atoms with Gasteiger partial charge in [0.05, 0.1) is 5.39 Å². The molecule has 2 heterocycles. The minimum absolute atomic E-state index is 0.0438. The predicted octanol–water partition coefficient (Wildman–Crippen LogP) is 4.83. The standard InChI is InChI=1S/C19H18BrF2N3O/c20-15-4-2-1-3-12(15)11-16-23-17-14(18(26)24-16)7-10-25(17)13-5-8-19(21,22)9-6-13/h1-4,7,10,13H,5-6,8-9,11H2,(H,23,24,26). The number of nitrogens with zero attached hydrogens (tertiary/aromatic N) is 2. The summed E-state index contributed by atoms with van der Waals surface area (Å²) in [5.41, 5.74) is 1.40. The molecule has 1 saturated carbocycles. The van der Waals surface area contributed by atoms with E-state index >= 15 is 0 Å². The largest absolute Gasteiger partial charge is 0.329 e. The van der Waals surface area contributed by atoms with Gasteiger partial charge in [-0.1, -0.05) is 34.1 Å². The van der Waals surface area contributed by atoms with Crippen LogP contribution in [0.25, 0.3) is 11.0 Å². The number of aromatic nitrogens is 3. The number of benzene rings is 1. The third kappa shape index (κ3) is 3.32. The van der Waals surface area contributed by atoms with E-state index in [4.69, 9.17) is 0 Å². The Morgan fingerprint density at radius 1 is 1.23 bits per heavy atom. The fraction of sp³-hybridized carbons (Fsp3) is 0.368. The van der Waals surface area contributed by atoms with Gasteiger partial charge in [0.1, 0.15) is 11.5 Å². The third-order valence-corrected chi connectivity index (χ3v) is 5.80. The molecule has 4 nitrogen and oxygen atoms in total. The highest BCUT2D eigenvalue weighted by atomic mass is 79.9. The molecule has 1 fully saturated rings. The SMILES string of the molecule is O=c1[nH]c(Cc2ccccc2Br)nc2c1ccn2C1CCC(F)(F)CC1. The minimum atomic E-state index is -2.57. The molecule has 7 heteroatoms. The second-order valence-corrected chi connectivity index (χ2v) is 7.68. The van der Waals surface area contributed by atoms with Crippen molar-refractivity contribution in [1.29, 1.82) is 0 Å². The molecule has 2 aromatic heterocycles. The fourth-order valence-electron chi connectivity index (χ4n) is 3.59. The van der Waals surface area contributed by atoms with E-state index in [-0.39, 0.29) is 24.4 Å². The molecule has 1 N–H and O–H groups in total. The Labute approximate surface area is 157 Å². The van der Waals surface area contributed by atoms with E-state index in [0.717, 1.165) is 10.0 Å². The van der Waals surface area contributed by atoms with Crippen molar-refractivity contribution in [3.63, 3.8) is 0 Å². The zero-order chi connectivity index (χ0) is 18.3. The maximum Gasteiger partial charge on any atom is 0.260 e. The maximum absolute atomic E-state index is 13.5. The molecule has 136 valence electrons. The average molecular weight is 422 g/mol. The lowest BCUT2D eigenvalue weighted by Gasteiger charge is -2.29. The summed E-state index contributed by atoms with van der Waals surface area (Å²) in [6, 6.07) is 9.44. The van der Waals surface area contributed by atoms with Gasteiger partial charge in [-0.15, -0.1) is 0 Å². The summed E-state index contributed by atoms with van der Waals surface area (Å²) < 4.78 is 29.8. The molecule has 0 aliphatic heterocycles. The van der Waals surface area contributed by atoms with Crippen molar-refractivity contribution in [2.24, 2.45) is 0 Å². The first-order valence-corrected chi connectivity index (χ1v) is 9.43. The number of aromatic amines is 1. The predicted molar refractivity (Wildman–Crippen MR) is 99.8 cm³/mol. The summed E-state index contributed by atoms with van der Waals surface area (Å²) in [5, 5.41) is 0.498. The molecular formula is C19H18BrF2N3O. The summed E-state index contributed by atoms with van der Waals surface area (Å²) in [7, 11) is 0. The number of halogens is 3. The topological polar surface area (TPSA) is 50.7 Å². The highest BCUT2D eigenvalue weighted by molar-refractivity contribution is 9.10. The molecule has 1 aromatic carbocycles. The van der Waals surface area contributed by atoms with Crippen LogP contribution in [0.3, 0.4) is 0 Å². The van der Waals surface area contributed by atoms with Crippen LogP contribution in [0.4, 0.5) is 8.78 Å². The van der Waals surface area contributed by atoms with E-state index in [1.54, 1.807) is 12.3 Å². The van der Waals surface area contributed by atoms with Gasteiger partial charge in [0, 0.05) is 36.0 Å². The molecule has 1 aliphatic rings. The van der Waals surface area contributed by atoms with Crippen LogP contribution in [0, 0.1) is 0 Å². The van der Waals surface area contributed by atoms with Crippen LogP contribution in [0.5, 0.6) is 0 Å². The molecule has 0 radical (unpaired) electrons. The van der Waals surface area contributed by atoms with Gasteiger partial charge >= 0.3 is 0 Å². The monoisotopic (exact) mass is 421 g/mol. The quantitative estimate of drug-likeness (QED) is 0.658. The zero-order valence-corrected chi connectivity index (χ0v) is 15.6. The number of hydrogen-bond acceptors (Lipinski definition) is 2. The van der Waals surface area contributed by atoms with E-state index in [1.165, 1.54) is 0 Å². The lowest BCUT2D eigenvalue weighted by atomic mass is 9.92. The van der Waals surface area contributed by atoms with Crippen LogP contribution >= 0.6 is 15.9 Å². The second-order valence-electron chi connectivity index (χ2n) is 6.83. The molecule has 0 amide bonds. The van der Waals surface area contributed by atoms with E-state index in [9.17, 15) is 13.6 Å². The van der Waals surface area contributed by atoms with E-state index < -0.39 is 5.92 Å². The first-order valence-electron chi connectivity index (χ1n) is 8.64. The van der Waals surface area contributed by atoms with Crippen LogP contribution in [0.2, 0.25) is 0 Å². The van der Waals surface area contributed by atoms with Crippen LogP contribution in [0.1, 0.15) is 43.1 Å². The normalized spacial score (nSPS) is 17.7. The lowest BCUT2D eigenvalue weighted by molar-refractivity contribution is -0.0436. The molecule has 4 rings (SSSR count). The third-order valence-electron chi connectivity index (χ3n) is 5.03. The summed E-state index contributed by atoms with van der Waals surface area (Å²) >= 11 is 3.51. The molecule has 0 saturated heterocycles. The molecule has 0 unspecified atom stereocenters. The van der Waals surface area contributed by atoms with Gasteiger partial charge in [-0.3, -0.25) is 4.79 Å². The average Bonchev–Trinajstić information content (AvgIpc) is 3.01. The summed E-state index contributed by atoms with van der Waals surface area (Å²) in [5.74, 6) is -2.01. The number of H-pyrrole nitrogens is 1. The highest BCUT2D eigenvalue weighted by Crippen LogP contribution is 2.39. The summed E-state index contributed by atoms with van der Waals surface area (Å²) in [6.45, 7) is 0. The van der Waals surface area contributed by atoms with Gasteiger partial charge in [-0.2, -0.15) is 0 Å². The number of hydrogen-bond donors (Lipinski definition) is 1. The van der Waals surface area contributed by atoms with Gasteiger partial charge in [0.2, 0.25) is 5.92 Å². The molecule has 3 aromatic rings. The molecule has 0 spiro atoms. The Hall–Kier alpha value is -2.02. The molecule has 26 heavy (non-hydrogen) atoms. The van der Waals surface area contributed by atoms with Crippen molar-refractivity contribution in [3.05, 3.63) is 62.7 Å². The fourth-order valence-corrected chi connectivity index (χ4v) is 4.02. The molecular weight excluding hydrogens is 404 g/mol. The van der Waals surface area contributed by atoms with E-state index in [0.29, 0.717) is 36.1 Å². The number of rotatable bonds is 3. The summed E-state index contributed by atoms with van der Waals surface area (Å²) in [4.78, 5) is 19.9. The van der Waals surface area contributed by atoms with Gasteiger partial charge < -0.3 is 9.55 Å². The van der Waals surface area contributed by atoms with Gasteiger partial charge in [-0.25, -0.2) is 13.8 Å². The second kappa shape index (κ2) is 6.61. The van der Waals surface area contributed by atoms with Crippen LogP contribution in [-0.4, -0.2) is 20.5 Å². The molecule has 0 atom stereocenters. The highest BCUT2D eigenvalue weighted by Gasteiger charge is 2.35. The Kier molecular flexibility index (Phi) is 4.42. The Morgan fingerprint density at radius 2 is 1.96 bits per heavy atom. The number of alkyl halides is 2. The minimum Gasteiger partial charge on any atom is -0.329 e. The van der Waals surface area contributed by atoms with Crippen LogP contribution in [0.15, 0.2) is 45.8 Å². The van der Waals surface area contributed by atoms with Gasteiger partial charge in [-0.05, 0) is 30.5 Å². The Balaban J connectivity index is 1.70. The molecule has 1 aliphatic carbocycles. The van der Waals surface area contributed by atoms with Crippen molar-refractivity contribution in [2.45, 2.75) is 44.1 Å². The Bertz CT molecular complexity index is 1000. The first-order chi connectivity index (χ1) is 12.4. The number of nitrogens with one attached hydrogen (secondary N) is 1. The van der Waals surface area contributed by atoms with Gasteiger partial charge in [0.15, 0.2) is 0 Å².